The number of nitrogens with one attached hydrogen (secondary N) is 1. The molecule has 0 bridgehead atoms. The number of hydrogen-bond donors (Lipinski definition) is 3. The summed E-state index contributed by atoms with van der Waals surface area (Å²) >= 11 is 0. The van der Waals surface area contributed by atoms with Crippen LogP contribution in [0.1, 0.15) is 23.9 Å². The average molecular weight is 358 g/mol. The number of nitrogens with two attached hydrogens (primary N) is 1. The molecule has 1 aliphatic heterocycles. The lowest BCUT2D eigenvalue weighted by molar-refractivity contribution is -0.385. The molecule has 0 aliphatic carbocycles. The van der Waals surface area contributed by atoms with Crippen molar-refractivity contribution in [3.63, 3.8) is 0 Å². The number of anilines is 1. The number of nitrogens with zero attached hydrogens (tertiary/aromatic N) is 4. The van der Waals surface area contributed by atoms with Gasteiger partial charge in [-0.05, 0) is 12.5 Å². The van der Waals surface area contributed by atoms with E-state index in [4.69, 9.17) is 10.8 Å². The van der Waals surface area contributed by atoms with Gasteiger partial charge in [-0.25, -0.2) is 4.68 Å². The van der Waals surface area contributed by atoms with E-state index in [0.29, 0.717) is 35.9 Å². The Morgan fingerprint density at radius 3 is 2.85 bits per heavy atom. The summed E-state index contributed by atoms with van der Waals surface area (Å²) in [6, 6.07) is 5.28. The van der Waals surface area contributed by atoms with Gasteiger partial charge in [0.2, 0.25) is 11.9 Å². The standard InChI is InChI=1S/C16H18N6O4/c1-9-13(15(17)24)14(10-5-2-3-6-11(10)22(25)26)21-16(18-9)19-12(20-21)7-4-8-23/h2-3,5-6,13-14,23H,1,4,7-8H2,(H2,17,24)(H,18,19,20)/t13-,14+/m1/s1. The minimum atomic E-state index is -0.934. The van der Waals surface area contributed by atoms with Crippen molar-refractivity contribution in [2.75, 3.05) is 11.9 Å². The highest BCUT2D eigenvalue weighted by Gasteiger charge is 2.41. The Labute approximate surface area is 148 Å². The number of aryl methyl sites for hydroxylation is 1. The van der Waals surface area contributed by atoms with Crippen LogP contribution in [-0.2, 0) is 11.2 Å². The van der Waals surface area contributed by atoms with Crippen molar-refractivity contribution in [2.45, 2.75) is 18.9 Å². The van der Waals surface area contributed by atoms with E-state index in [-0.39, 0.29) is 12.3 Å². The molecule has 2 atom stereocenters. The predicted molar refractivity (Wildman–Crippen MR) is 92.1 cm³/mol. The lowest BCUT2D eigenvalue weighted by atomic mass is 9.88. The number of amides is 1. The third kappa shape index (κ3) is 3.02. The van der Waals surface area contributed by atoms with E-state index in [1.54, 1.807) is 18.2 Å². The molecular weight excluding hydrogens is 340 g/mol. The number of fused-ring (bicyclic) bond motifs is 1. The molecule has 10 heteroatoms. The zero-order chi connectivity index (χ0) is 18.8. The van der Waals surface area contributed by atoms with E-state index in [9.17, 15) is 14.9 Å². The zero-order valence-electron chi connectivity index (χ0n) is 13.8. The number of aliphatic hydroxyl groups is 1. The van der Waals surface area contributed by atoms with Crippen LogP contribution in [-0.4, -0.2) is 37.3 Å². The number of nitro benzene ring substituents is 1. The van der Waals surface area contributed by atoms with Crippen LogP contribution in [0.25, 0.3) is 0 Å². The average Bonchev–Trinajstić information content (AvgIpc) is 3.00. The molecule has 10 nitrogen and oxygen atoms in total. The first-order valence-corrected chi connectivity index (χ1v) is 7.98. The Morgan fingerprint density at radius 1 is 1.46 bits per heavy atom. The molecule has 136 valence electrons. The number of para-hydroxylation sites is 1. The van der Waals surface area contributed by atoms with Crippen molar-refractivity contribution in [1.29, 1.82) is 0 Å². The van der Waals surface area contributed by atoms with Gasteiger partial charge in [0.25, 0.3) is 5.69 Å². The first-order chi connectivity index (χ1) is 12.4. The van der Waals surface area contributed by atoms with Gasteiger partial charge in [0, 0.05) is 24.8 Å². The normalized spacial score (nSPS) is 18.9. The van der Waals surface area contributed by atoms with Gasteiger partial charge in [-0.3, -0.25) is 14.9 Å². The highest BCUT2D eigenvalue weighted by Crippen LogP contribution is 2.40. The smallest absolute Gasteiger partial charge is 0.274 e. The van der Waals surface area contributed by atoms with Crippen LogP contribution in [0.4, 0.5) is 11.6 Å². The summed E-state index contributed by atoms with van der Waals surface area (Å²) < 4.78 is 1.43. The first kappa shape index (κ1) is 17.5. The topological polar surface area (TPSA) is 149 Å². The van der Waals surface area contributed by atoms with Crippen LogP contribution in [0.3, 0.4) is 0 Å². The number of aliphatic hydroxyl groups excluding tert-OH is 1. The van der Waals surface area contributed by atoms with Crippen molar-refractivity contribution < 1.29 is 14.8 Å². The second kappa shape index (κ2) is 6.92. The lowest BCUT2D eigenvalue weighted by Crippen LogP contribution is -2.40. The van der Waals surface area contributed by atoms with E-state index in [1.807, 2.05) is 0 Å². The Balaban J connectivity index is 2.17. The van der Waals surface area contributed by atoms with E-state index in [2.05, 4.69) is 22.0 Å². The lowest BCUT2D eigenvalue weighted by Gasteiger charge is -2.32. The van der Waals surface area contributed by atoms with Crippen molar-refractivity contribution >= 4 is 17.5 Å². The van der Waals surface area contributed by atoms with Gasteiger partial charge in [-0.2, -0.15) is 10.1 Å². The summed E-state index contributed by atoms with van der Waals surface area (Å²) in [7, 11) is 0. The number of benzene rings is 1. The molecule has 2 aromatic rings. The van der Waals surface area contributed by atoms with Crippen molar-refractivity contribution in [3.05, 3.63) is 58.0 Å². The Kier molecular flexibility index (Phi) is 4.67. The predicted octanol–water partition coefficient (Wildman–Crippen LogP) is 0.741. The van der Waals surface area contributed by atoms with Crippen molar-refractivity contribution in [3.8, 4) is 0 Å². The molecule has 3 rings (SSSR count). The molecule has 1 aliphatic rings. The van der Waals surface area contributed by atoms with Gasteiger partial charge in [-0.1, -0.05) is 18.7 Å². The first-order valence-electron chi connectivity index (χ1n) is 7.98. The third-order valence-corrected chi connectivity index (χ3v) is 4.22. The maximum Gasteiger partial charge on any atom is 0.274 e. The van der Waals surface area contributed by atoms with Crippen LogP contribution < -0.4 is 11.1 Å². The SMILES string of the molecule is C=C1Nc2nc(CCCO)nn2[C@@H](c2ccccc2[N+](=O)[O-])[C@@H]1C(N)=O. The van der Waals surface area contributed by atoms with E-state index in [1.165, 1.54) is 10.7 Å². The minimum Gasteiger partial charge on any atom is -0.396 e. The van der Waals surface area contributed by atoms with Crippen LogP contribution in [0, 0.1) is 16.0 Å². The molecule has 0 fully saturated rings. The Bertz CT molecular complexity index is 877. The fourth-order valence-electron chi connectivity index (χ4n) is 3.09. The van der Waals surface area contributed by atoms with Crippen LogP contribution in [0.5, 0.6) is 0 Å². The fraction of sp³-hybridized carbons (Fsp3) is 0.312. The molecule has 0 radical (unpaired) electrons. The second-order valence-electron chi connectivity index (χ2n) is 5.91. The molecular formula is C16H18N6O4. The van der Waals surface area contributed by atoms with Gasteiger partial charge in [0.05, 0.1) is 10.5 Å². The Hall–Kier alpha value is -3.27. The summed E-state index contributed by atoms with van der Waals surface area (Å²) in [5.41, 5.74) is 6.01. The van der Waals surface area contributed by atoms with E-state index in [0.717, 1.165) is 0 Å². The third-order valence-electron chi connectivity index (χ3n) is 4.22. The van der Waals surface area contributed by atoms with Gasteiger partial charge in [0.15, 0.2) is 5.82 Å². The molecule has 0 spiro atoms. The molecule has 2 heterocycles. The van der Waals surface area contributed by atoms with Gasteiger partial charge >= 0.3 is 0 Å². The maximum absolute atomic E-state index is 12.1. The molecule has 26 heavy (non-hydrogen) atoms. The van der Waals surface area contributed by atoms with Gasteiger partial charge < -0.3 is 16.2 Å². The molecule has 0 unspecified atom stereocenters. The molecule has 0 saturated heterocycles. The highest BCUT2D eigenvalue weighted by atomic mass is 16.6. The Morgan fingerprint density at radius 2 is 2.19 bits per heavy atom. The maximum atomic E-state index is 12.1. The largest absolute Gasteiger partial charge is 0.396 e. The van der Waals surface area contributed by atoms with Crippen molar-refractivity contribution in [2.24, 2.45) is 11.7 Å². The summed E-state index contributed by atoms with van der Waals surface area (Å²) in [6.45, 7) is 3.82. The molecule has 0 saturated carbocycles. The number of aromatic nitrogens is 3. The number of hydrogen-bond acceptors (Lipinski definition) is 7. The number of nitro groups is 1. The molecule has 1 aromatic heterocycles. The number of rotatable bonds is 6. The molecule has 4 N–H and O–H groups in total. The summed E-state index contributed by atoms with van der Waals surface area (Å²) in [5, 5.41) is 27.7. The van der Waals surface area contributed by atoms with Gasteiger partial charge in [-0.15, -0.1) is 0 Å². The van der Waals surface area contributed by atoms with Crippen LogP contribution >= 0.6 is 0 Å². The summed E-state index contributed by atoms with van der Waals surface area (Å²) in [5.74, 6) is -0.841. The number of carbonyl (C=O) groups excluding carboxylic acids is 1. The van der Waals surface area contributed by atoms with Crippen LogP contribution in [0.2, 0.25) is 0 Å². The minimum absolute atomic E-state index is 0.0124. The van der Waals surface area contributed by atoms with Crippen LogP contribution in [0.15, 0.2) is 36.5 Å². The highest BCUT2D eigenvalue weighted by molar-refractivity contribution is 5.82. The quantitative estimate of drug-likeness (QED) is 0.509. The van der Waals surface area contributed by atoms with Crippen molar-refractivity contribution in [1.82, 2.24) is 14.8 Å². The summed E-state index contributed by atoms with van der Waals surface area (Å²) in [6.07, 6.45) is 0.898. The summed E-state index contributed by atoms with van der Waals surface area (Å²) in [4.78, 5) is 27.4. The number of carbonyl (C=O) groups is 1. The monoisotopic (exact) mass is 358 g/mol. The second-order valence-corrected chi connectivity index (χ2v) is 5.91. The van der Waals surface area contributed by atoms with E-state index < -0.39 is 22.8 Å². The fourth-order valence-corrected chi connectivity index (χ4v) is 3.09. The number of primary amides is 1. The van der Waals surface area contributed by atoms with Gasteiger partial charge in [0.1, 0.15) is 12.0 Å². The zero-order valence-corrected chi connectivity index (χ0v) is 13.8. The molecule has 1 aromatic carbocycles. The molecule has 1 amide bonds. The van der Waals surface area contributed by atoms with E-state index >= 15 is 0 Å².